The average molecular weight is 562 g/mol. The number of rotatable bonds is 4. The molecule has 0 saturated heterocycles. The van der Waals surface area contributed by atoms with Crippen LogP contribution in [-0.4, -0.2) is 28.5 Å². The first-order valence-electron chi connectivity index (χ1n) is 10.3. The smallest absolute Gasteiger partial charge is 0.403 e. The van der Waals surface area contributed by atoms with Crippen molar-refractivity contribution in [3.05, 3.63) is 64.4 Å². The monoisotopic (exact) mass is 561 g/mol. The summed E-state index contributed by atoms with van der Waals surface area (Å²) in [7, 11) is 0. The first-order valence-corrected chi connectivity index (χ1v) is 10.7. The summed E-state index contributed by atoms with van der Waals surface area (Å²) < 4.78 is 137. The van der Waals surface area contributed by atoms with E-state index in [1.165, 1.54) is 6.20 Å². The Bertz CT molecular complexity index is 1320. The van der Waals surface area contributed by atoms with E-state index in [1.54, 1.807) is 18.2 Å². The van der Waals surface area contributed by atoms with Crippen molar-refractivity contribution in [1.82, 2.24) is 9.78 Å². The van der Waals surface area contributed by atoms with Crippen LogP contribution in [-0.2, 0) is 12.1 Å². The molecule has 200 valence electrons. The maximum absolute atomic E-state index is 14.6. The molecule has 37 heavy (non-hydrogen) atoms. The zero-order valence-corrected chi connectivity index (χ0v) is 18.8. The number of nitrogens with two attached hydrogens (primary N) is 1. The van der Waals surface area contributed by atoms with Crippen LogP contribution in [0.1, 0.15) is 29.2 Å². The lowest BCUT2D eigenvalue weighted by Gasteiger charge is -2.31. The molecule has 1 atom stereocenters. The molecule has 4 rings (SSSR count). The number of aromatic nitrogens is 2. The Labute approximate surface area is 206 Å². The van der Waals surface area contributed by atoms with Crippen molar-refractivity contribution in [2.24, 2.45) is 5.73 Å². The highest BCUT2D eigenvalue weighted by molar-refractivity contribution is 6.32. The van der Waals surface area contributed by atoms with Gasteiger partial charge in [0.1, 0.15) is 5.69 Å². The van der Waals surface area contributed by atoms with E-state index in [1.807, 2.05) is 0 Å². The molecule has 0 bridgehead atoms. The molecular weight excluding hydrogens is 548 g/mol. The van der Waals surface area contributed by atoms with Gasteiger partial charge in [0.25, 0.3) is 0 Å². The van der Waals surface area contributed by atoms with Crippen LogP contribution < -0.4 is 10.5 Å². The molecule has 3 aromatic rings. The van der Waals surface area contributed by atoms with Gasteiger partial charge in [-0.05, 0) is 47.7 Å². The summed E-state index contributed by atoms with van der Waals surface area (Å²) in [6, 6.07) is 4.55. The Morgan fingerprint density at radius 3 is 2.16 bits per heavy atom. The van der Waals surface area contributed by atoms with Crippen LogP contribution in [0.25, 0.3) is 16.8 Å². The largest absolute Gasteiger partial charge is 0.573 e. The Balaban J connectivity index is 1.86. The summed E-state index contributed by atoms with van der Waals surface area (Å²) in [6.45, 7) is 0. The summed E-state index contributed by atoms with van der Waals surface area (Å²) in [4.78, 5) is 0. The summed E-state index contributed by atoms with van der Waals surface area (Å²) >= 11 is 5.83. The van der Waals surface area contributed by atoms with Crippen LogP contribution in [0.2, 0.25) is 5.02 Å². The van der Waals surface area contributed by atoms with Crippen molar-refractivity contribution in [1.29, 1.82) is 0 Å². The van der Waals surface area contributed by atoms with Gasteiger partial charge in [0.05, 0.1) is 11.2 Å². The second-order valence-electron chi connectivity index (χ2n) is 8.24. The molecule has 4 nitrogen and oxygen atoms in total. The third-order valence-electron chi connectivity index (χ3n) is 5.85. The highest BCUT2D eigenvalue weighted by atomic mass is 35.5. The van der Waals surface area contributed by atoms with E-state index in [4.69, 9.17) is 17.3 Å². The molecule has 0 aliphatic heterocycles. The van der Waals surface area contributed by atoms with Gasteiger partial charge in [-0.2, -0.15) is 31.4 Å². The van der Waals surface area contributed by atoms with Gasteiger partial charge in [-0.25, -0.2) is 9.07 Å². The molecule has 1 aliphatic rings. The predicted octanol–water partition coefficient (Wildman–Crippen LogP) is 7.33. The Hall–Kier alpha value is -3.00. The maximum atomic E-state index is 14.6. The summed E-state index contributed by atoms with van der Waals surface area (Å²) in [5.74, 6) is -1.63. The number of hydrogen-bond acceptors (Lipinski definition) is 3. The molecule has 1 heterocycles. The summed E-state index contributed by atoms with van der Waals surface area (Å²) in [5.41, 5.74) is -0.413. The molecule has 2 N–H and O–H groups in total. The third kappa shape index (κ3) is 4.83. The minimum Gasteiger partial charge on any atom is -0.403 e. The van der Waals surface area contributed by atoms with Crippen molar-refractivity contribution in [2.45, 2.75) is 43.3 Å². The molecule has 0 radical (unpaired) electrons. The van der Waals surface area contributed by atoms with Crippen molar-refractivity contribution < 1.29 is 48.6 Å². The lowest BCUT2D eigenvalue weighted by Crippen LogP contribution is -2.50. The van der Waals surface area contributed by atoms with Gasteiger partial charge in [-0.1, -0.05) is 23.7 Å². The van der Waals surface area contributed by atoms with E-state index in [9.17, 15) is 43.9 Å². The van der Waals surface area contributed by atoms with Gasteiger partial charge >= 0.3 is 24.4 Å². The fourth-order valence-corrected chi connectivity index (χ4v) is 4.39. The molecule has 1 aromatic heterocycles. The van der Waals surface area contributed by atoms with E-state index in [0.717, 1.165) is 23.7 Å². The molecule has 0 fully saturated rings. The first kappa shape index (κ1) is 27.0. The Morgan fingerprint density at radius 1 is 0.919 bits per heavy atom. The summed E-state index contributed by atoms with van der Waals surface area (Å²) in [5, 5.41) is 2.72. The van der Waals surface area contributed by atoms with Crippen LogP contribution in [0.15, 0.2) is 42.7 Å². The van der Waals surface area contributed by atoms with E-state index < -0.39 is 46.4 Å². The van der Waals surface area contributed by atoms with Crippen LogP contribution in [0, 0.1) is 0 Å². The quantitative estimate of drug-likeness (QED) is 0.340. The number of ether oxygens (including phenoxy) is 1. The van der Waals surface area contributed by atoms with Crippen LogP contribution >= 0.6 is 11.6 Å². The number of nitrogens with zero attached hydrogens (tertiary/aromatic N) is 2. The average Bonchev–Trinajstić information content (AvgIpc) is 3.37. The molecular formula is C22H14ClF10N3O. The van der Waals surface area contributed by atoms with Crippen molar-refractivity contribution >= 4 is 11.6 Å². The molecule has 0 amide bonds. The molecule has 2 aromatic carbocycles. The van der Waals surface area contributed by atoms with Crippen LogP contribution in [0.4, 0.5) is 43.9 Å². The van der Waals surface area contributed by atoms with Crippen molar-refractivity contribution in [3.63, 3.8) is 0 Å². The molecule has 1 unspecified atom stereocenters. The number of hydrogen-bond donors (Lipinski definition) is 1. The minimum atomic E-state index is -6.58. The Morgan fingerprint density at radius 2 is 1.57 bits per heavy atom. The first-order chi connectivity index (χ1) is 16.9. The fraction of sp³-hybridized carbons (Fsp3) is 0.318. The van der Waals surface area contributed by atoms with Crippen LogP contribution in [0.5, 0.6) is 5.75 Å². The van der Waals surface area contributed by atoms with E-state index in [2.05, 4.69) is 9.84 Å². The van der Waals surface area contributed by atoms with Crippen molar-refractivity contribution in [3.8, 4) is 22.6 Å². The van der Waals surface area contributed by atoms with Gasteiger partial charge in [-0.3, -0.25) is 0 Å². The minimum absolute atomic E-state index is 0.0725. The SMILES string of the molecule is NC1CCc2ccc(-c3cnn(-c4c(Cl)cc(C(F)(C(F)(F)F)C(F)(F)F)cc4OC(F)(F)F)c3)cc21. The maximum Gasteiger partial charge on any atom is 0.573 e. The zero-order chi connectivity index (χ0) is 27.6. The molecule has 15 heteroatoms. The fourth-order valence-electron chi connectivity index (χ4n) is 4.09. The number of benzene rings is 2. The lowest BCUT2D eigenvalue weighted by molar-refractivity contribution is -0.348. The molecule has 0 spiro atoms. The van der Waals surface area contributed by atoms with E-state index in [-0.39, 0.29) is 18.2 Å². The highest BCUT2D eigenvalue weighted by Crippen LogP contribution is 2.55. The topological polar surface area (TPSA) is 53.1 Å². The third-order valence-corrected chi connectivity index (χ3v) is 6.14. The highest BCUT2D eigenvalue weighted by Gasteiger charge is 2.73. The predicted molar refractivity (Wildman–Crippen MR) is 111 cm³/mol. The second kappa shape index (κ2) is 8.79. The van der Waals surface area contributed by atoms with Gasteiger partial charge < -0.3 is 10.5 Å². The molecule has 1 aliphatic carbocycles. The number of fused-ring (bicyclic) bond motifs is 1. The van der Waals surface area contributed by atoms with Gasteiger partial charge in [-0.15, -0.1) is 13.2 Å². The summed E-state index contributed by atoms with van der Waals surface area (Å²) in [6.07, 6.45) is -15.0. The van der Waals surface area contributed by atoms with Gasteiger partial charge in [0.2, 0.25) is 0 Å². The zero-order valence-electron chi connectivity index (χ0n) is 18.1. The lowest BCUT2D eigenvalue weighted by atomic mass is 9.93. The van der Waals surface area contributed by atoms with Gasteiger partial charge in [0, 0.05) is 23.4 Å². The number of aryl methyl sites for hydroxylation is 1. The number of halogens is 11. The Kier molecular flexibility index (Phi) is 6.43. The molecule has 0 saturated carbocycles. The van der Waals surface area contributed by atoms with E-state index >= 15 is 0 Å². The van der Waals surface area contributed by atoms with E-state index in [0.29, 0.717) is 22.2 Å². The van der Waals surface area contributed by atoms with Gasteiger partial charge in [0.15, 0.2) is 5.75 Å². The standard InChI is InChI=1S/C22H14ClF10N3O/c23-15-6-13(19(24,20(25,26)27)21(28,29)30)7-17(37-22(31,32)33)18(15)36-9-12(8-35-36)11-2-1-10-3-4-16(34)14(10)5-11/h1-2,5-9,16H,3-4,34H2. The normalized spacial score (nSPS) is 16.7. The number of alkyl halides is 10. The van der Waals surface area contributed by atoms with Crippen molar-refractivity contribution in [2.75, 3.05) is 0 Å². The second-order valence-corrected chi connectivity index (χ2v) is 8.65. The van der Waals surface area contributed by atoms with Crippen LogP contribution in [0.3, 0.4) is 0 Å².